The Balaban J connectivity index is 0.00000144. The van der Waals surface area contributed by atoms with E-state index in [-0.39, 0.29) is 18.3 Å². The summed E-state index contributed by atoms with van der Waals surface area (Å²) in [6, 6.07) is 7.29. The molecule has 0 atom stereocenters. The second-order valence-corrected chi connectivity index (χ2v) is 3.77. The maximum Gasteiger partial charge on any atom is 0.254 e. The molecular weight excluding hydrogens is 240 g/mol. The van der Waals surface area contributed by atoms with Gasteiger partial charge in [-0.15, -0.1) is 12.4 Å². The van der Waals surface area contributed by atoms with Crippen molar-refractivity contribution in [3.05, 3.63) is 29.8 Å². The Morgan fingerprint density at radius 1 is 1.35 bits per heavy atom. The highest BCUT2D eigenvalue weighted by atomic mass is 35.5. The van der Waals surface area contributed by atoms with Crippen LogP contribution in [0.1, 0.15) is 10.4 Å². The smallest absolute Gasteiger partial charge is 0.254 e. The summed E-state index contributed by atoms with van der Waals surface area (Å²) in [5.41, 5.74) is 0.696. The molecule has 1 fully saturated rings. The summed E-state index contributed by atoms with van der Waals surface area (Å²) < 4.78 is 5.11. The number of benzene rings is 1. The zero-order valence-corrected chi connectivity index (χ0v) is 10.6. The highest BCUT2D eigenvalue weighted by molar-refractivity contribution is 5.94. The van der Waals surface area contributed by atoms with Gasteiger partial charge in [0.15, 0.2) is 0 Å². The fourth-order valence-electron chi connectivity index (χ4n) is 1.81. The van der Waals surface area contributed by atoms with Gasteiger partial charge in [-0.3, -0.25) is 4.79 Å². The fraction of sp³-hybridized carbons (Fsp3) is 0.417. The Hall–Kier alpha value is -1.26. The van der Waals surface area contributed by atoms with Gasteiger partial charge in [-0.05, 0) is 18.2 Å². The molecule has 4 nitrogen and oxygen atoms in total. The lowest BCUT2D eigenvalue weighted by Crippen LogP contribution is -2.46. The molecule has 1 aliphatic heterocycles. The standard InChI is InChI=1S/C12H16N2O2.ClH/c1-16-11-4-2-3-10(9-11)12(15)14-7-5-13-6-8-14;/h2-4,9,13H,5-8H2,1H3;1H. The Labute approximate surface area is 107 Å². The van der Waals surface area contributed by atoms with Crippen molar-refractivity contribution in [2.45, 2.75) is 0 Å². The Bertz CT molecular complexity index is 379. The average molecular weight is 257 g/mol. The summed E-state index contributed by atoms with van der Waals surface area (Å²) in [7, 11) is 1.61. The van der Waals surface area contributed by atoms with Gasteiger partial charge < -0.3 is 15.0 Å². The number of nitrogens with zero attached hydrogens (tertiary/aromatic N) is 1. The van der Waals surface area contributed by atoms with Gasteiger partial charge >= 0.3 is 0 Å². The maximum atomic E-state index is 12.1. The van der Waals surface area contributed by atoms with Crippen molar-refractivity contribution < 1.29 is 9.53 Å². The first kappa shape index (κ1) is 13.8. The molecule has 1 saturated heterocycles. The van der Waals surface area contributed by atoms with E-state index in [0.29, 0.717) is 5.56 Å². The predicted octanol–water partition coefficient (Wildman–Crippen LogP) is 1.16. The largest absolute Gasteiger partial charge is 0.497 e. The lowest BCUT2D eigenvalue weighted by atomic mass is 10.2. The van der Waals surface area contributed by atoms with Gasteiger partial charge in [-0.1, -0.05) is 6.07 Å². The van der Waals surface area contributed by atoms with Gasteiger partial charge in [0.2, 0.25) is 0 Å². The van der Waals surface area contributed by atoms with Gasteiger partial charge in [0.25, 0.3) is 5.91 Å². The molecule has 0 aliphatic carbocycles. The van der Waals surface area contributed by atoms with Crippen molar-refractivity contribution >= 4 is 18.3 Å². The van der Waals surface area contributed by atoms with Crippen LogP contribution in [0.15, 0.2) is 24.3 Å². The van der Waals surface area contributed by atoms with E-state index in [1.165, 1.54) is 0 Å². The van der Waals surface area contributed by atoms with Crippen molar-refractivity contribution in [2.24, 2.45) is 0 Å². The molecule has 1 aliphatic rings. The van der Waals surface area contributed by atoms with E-state index in [1.807, 2.05) is 23.1 Å². The minimum absolute atomic E-state index is 0. The molecule has 94 valence electrons. The molecule has 0 aromatic heterocycles. The topological polar surface area (TPSA) is 41.6 Å². The van der Waals surface area contributed by atoms with Crippen molar-refractivity contribution in [2.75, 3.05) is 33.3 Å². The number of piperazine rings is 1. The van der Waals surface area contributed by atoms with Gasteiger partial charge in [-0.25, -0.2) is 0 Å². The van der Waals surface area contributed by atoms with Crippen molar-refractivity contribution in [3.8, 4) is 5.75 Å². The third-order valence-electron chi connectivity index (χ3n) is 2.72. The summed E-state index contributed by atoms with van der Waals surface area (Å²) >= 11 is 0. The van der Waals surface area contributed by atoms with Crippen molar-refractivity contribution in [3.63, 3.8) is 0 Å². The first-order chi connectivity index (χ1) is 7.81. The van der Waals surface area contributed by atoms with E-state index in [0.717, 1.165) is 31.9 Å². The van der Waals surface area contributed by atoms with Crippen LogP contribution in [0.2, 0.25) is 0 Å². The summed E-state index contributed by atoms with van der Waals surface area (Å²) in [6.45, 7) is 3.29. The van der Waals surface area contributed by atoms with Gasteiger partial charge in [-0.2, -0.15) is 0 Å². The van der Waals surface area contributed by atoms with Crippen LogP contribution in [-0.4, -0.2) is 44.1 Å². The van der Waals surface area contributed by atoms with Crippen LogP contribution in [0.4, 0.5) is 0 Å². The van der Waals surface area contributed by atoms with Crippen LogP contribution in [-0.2, 0) is 0 Å². The maximum absolute atomic E-state index is 12.1. The van der Waals surface area contributed by atoms with Gasteiger partial charge in [0.05, 0.1) is 7.11 Å². The number of carbonyl (C=O) groups excluding carboxylic acids is 1. The van der Waals surface area contributed by atoms with Crippen LogP contribution in [0.3, 0.4) is 0 Å². The number of nitrogens with one attached hydrogen (secondary N) is 1. The van der Waals surface area contributed by atoms with E-state index >= 15 is 0 Å². The number of carbonyl (C=O) groups is 1. The molecule has 0 spiro atoms. The Kier molecular flexibility index (Phi) is 5.25. The molecule has 0 saturated carbocycles. The lowest BCUT2D eigenvalue weighted by Gasteiger charge is -2.27. The number of methoxy groups -OCH3 is 1. The summed E-state index contributed by atoms with van der Waals surface area (Å²) in [5.74, 6) is 0.807. The molecule has 1 N–H and O–H groups in total. The van der Waals surface area contributed by atoms with Crippen molar-refractivity contribution in [1.29, 1.82) is 0 Å². The van der Waals surface area contributed by atoms with E-state index < -0.39 is 0 Å². The first-order valence-corrected chi connectivity index (χ1v) is 5.45. The molecule has 0 unspecified atom stereocenters. The molecule has 1 amide bonds. The Morgan fingerprint density at radius 3 is 2.71 bits per heavy atom. The molecule has 17 heavy (non-hydrogen) atoms. The van der Waals surface area contributed by atoms with Gasteiger partial charge in [0, 0.05) is 31.7 Å². The second-order valence-electron chi connectivity index (χ2n) is 3.77. The second kappa shape index (κ2) is 6.47. The number of halogens is 1. The van der Waals surface area contributed by atoms with Gasteiger partial charge in [0.1, 0.15) is 5.75 Å². The number of amides is 1. The zero-order valence-electron chi connectivity index (χ0n) is 9.81. The summed E-state index contributed by atoms with van der Waals surface area (Å²) in [4.78, 5) is 14.0. The SMILES string of the molecule is COc1cccc(C(=O)N2CCNCC2)c1.Cl. The van der Waals surface area contributed by atoms with Crippen LogP contribution in [0.5, 0.6) is 5.75 Å². The zero-order chi connectivity index (χ0) is 11.4. The highest BCUT2D eigenvalue weighted by Crippen LogP contribution is 2.14. The first-order valence-electron chi connectivity index (χ1n) is 5.45. The highest BCUT2D eigenvalue weighted by Gasteiger charge is 2.17. The molecule has 1 aromatic rings. The summed E-state index contributed by atoms with van der Waals surface area (Å²) in [5, 5.41) is 3.23. The minimum atomic E-state index is 0. The minimum Gasteiger partial charge on any atom is -0.497 e. The molecular formula is C12H17ClN2O2. The third-order valence-corrected chi connectivity index (χ3v) is 2.72. The van der Waals surface area contributed by atoms with Crippen LogP contribution in [0, 0.1) is 0 Å². The van der Waals surface area contributed by atoms with Crippen molar-refractivity contribution in [1.82, 2.24) is 10.2 Å². The average Bonchev–Trinajstić information content (AvgIpc) is 2.39. The van der Waals surface area contributed by atoms with Crippen LogP contribution in [0.25, 0.3) is 0 Å². The third kappa shape index (κ3) is 3.35. The van der Waals surface area contributed by atoms with Crippen LogP contribution < -0.4 is 10.1 Å². The molecule has 5 heteroatoms. The lowest BCUT2D eigenvalue weighted by molar-refractivity contribution is 0.0735. The monoisotopic (exact) mass is 256 g/mol. The van der Waals surface area contributed by atoms with E-state index in [4.69, 9.17) is 4.74 Å². The Morgan fingerprint density at radius 2 is 2.06 bits per heavy atom. The normalized spacial score (nSPS) is 15.0. The quantitative estimate of drug-likeness (QED) is 0.864. The molecule has 2 rings (SSSR count). The van der Waals surface area contributed by atoms with Crippen LogP contribution >= 0.6 is 12.4 Å². The summed E-state index contributed by atoms with van der Waals surface area (Å²) in [6.07, 6.45) is 0. The molecule has 0 radical (unpaired) electrons. The predicted molar refractivity (Wildman–Crippen MR) is 69.0 cm³/mol. The molecule has 1 heterocycles. The number of hydrogen-bond acceptors (Lipinski definition) is 3. The molecule has 0 bridgehead atoms. The fourth-order valence-corrected chi connectivity index (χ4v) is 1.81. The number of ether oxygens (including phenoxy) is 1. The van der Waals surface area contributed by atoms with E-state index in [1.54, 1.807) is 13.2 Å². The molecule has 1 aromatic carbocycles. The number of rotatable bonds is 2. The number of hydrogen-bond donors (Lipinski definition) is 1. The van der Waals surface area contributed by atoms with E-state index in [2.05, 4.69) is 5.32 Å². The van der Waals surface area contributed by atoms with E-state index in [9.17, 15) is 4.79 Å².